The number of carbonyl (C=O) groups excluding carboxylic acids is 1. The maximum absolute atomic E-state index is 11.8. The van der Waals surface area contributed by atoms with Crippen LogP contribution in [0.25, 0.3) is 0 Å². The summed E-state index contributed by atoms with van der Waals surface area (Å²) in [7, 11) is 1.65. The Bertz CT molecular complexity index is 349. The third kappa shape index (κ3) is 4.65. The standard InChI is InChI=1S/C12H21N3O2/c1-4-5-15-12(13-9-14-15)7-11(16)6-10(2)8-17-3/h9-10H,4-8H2,1-3H3. The number of hydrogen-bond donors (Lipinski definition) is 0. The van der Waals surface area contributed by atoms with Gasteiger partial charge in [0.15, 0.2) is 0 Å². The molecule has 1 heterocycles. The van der Waals surface area contributed by atoms with Crippen molar-refractivity contribution in [2.75, 3.05) is 13.7 Å². The van der Waals surface area contributed by atoms with Gasteiger partial charge in [0.25, 0.3) is 0 Å². The highest BCUT2D eigenvalue weighted by Crippen LogP contribution is 2.06. The molecule has 0 amide bonds. The molecule has 0 spiro atoms. The number of Topliss-reactive ketones (excluding diaryl/α,β-unsaturated/α-hetero) is 1. The van der Waals surface area contributed by atoms with Crippen LogP contribution in [0.2, 0.25) is 0 Å². The van der Waals surface area contributed by atoms with E-state index in [2.05, 4.69) is 17.0 Å². The monoisotopic (exact) mass is 239 g/mol. The molecule has 0 aliphatic carbocycles. The van der Waals surface area contributed by atoms with Gasteiger partial charge in [0.1, 0.15) is 17.9 Å². The molecule has 96 valence electrons. The summed E-state index contributed by atoms with van der Waals surface area (Å²) in [5.41, 5.74) is 0. The van der Waals surface area contributed by atoms with Crippen LogP contribution in [0.5, 0.6) is 0 Å². The average molecular weight is 239 g/mol. The van der Waals surface area contributed by atoms with E-state index in [9.17, 15) is 4.79 Å². The van der Waals surface area contributed by atoms with Crippen LogP contribution in [-0.4, -0.2) is 34.3 Å². The van der Waals surface area contributed by atoms with Crippen molar-refractivity contribution in [3.05, 3.63) is 12.2 Å². The van der Waals surface area contributed by atoms with Crippen LogP contribution in [0.15, 0.2) is 6.33 Å². The first-order chi connectivity index (χ1) is 8.17. The van der Waals surface area contributed by atoms with Crippen LogP contribution in [-0.2, 0) is 22.5 Å². The Morgan fingerprint density at radius 1 is 1.59 bits per heavy atom. The molecule has 1 aromatic heterocycles. The summed E-state index contributed by atoms with van der Waals surface area (Å²) in [6.45, 7) is 5.52. The van der Waals surface area contributed by atoms with E-state index in [0.29, 0.717) is 19.4 Å². The molecule has 0 aromatic carbocycles. The summed E-state index contributed by atoms with van der Waals surface area (Å²) in [5, 5.41) is 4.10. The number of methoxy groups -OCH3 is 1. The highest BCUT2D eigenvalue weighted by atomic mass is 16.5. The predicted octanol–water partition coefficient (Wildman–Crippen LogP) is 1.47. The van der Waals surface area contributed by atoms with Gasteiger partial charge in [-0.1, -0.05) is 13.8 Å². The minimum Gasteiger partial charge on any atom is -0.384 e. The third-order valence-electron chi connectivity index (χ3n) is 2.51. The van der Waals surface area contributed by atoms with Crippen molar-refractivity contribution < 1.29 is 9.53 Å². The van der Waals surface area contributed by atoms with Gasteiger partial charge in [0, 0.05) is 26.7 Å². The smallest absolute Gasteiger partial charge is 0.140 e. The van der Waals surface area contributed by atoms with Crippen molar-refractivity contribution in [1.29, 1.82) is 0 Å². The average Bonchev–Trinajstić information content (AvgIpc) is 2.66. The highest BCUT2D eigenvalue weighted by Gasteiger charge is 2.13. The molecular formula is C12H21N3O2. The second-order valence-corrected chi connectivity index (χ2v) is 4.38. The lowest BCUT2D eigenvalue weighted by Crippen LogP contribution is -2.15. The highest BCUT2D eigenvalue weighted by molar-refractivity contribution is 5.80. The van der Waals surface area contributed by atoms with Gasteiger partial charge < -0.3 is 4.74 Å². The molecule has 0 saturated carbocycles. The van der Waals surface area contributed by atoms with Crippen LogP contribution >= 0.6 is 0 Å². The zero-order chi connectivity index (χ0) is 12.7. The maximum Gasteiger partial charge on any atom is 0.140 e. The zero-order valence-corrected chi connectivity index (χ0v) is 10.8. The Kier molecular flexibility index (Phi) is 5.83. The zero-order valence-electron chi connectivity index (χ0n) is 10.8. The molecule has 1 unspecified atom stereocenters. The second-order valence-electron chi connectivity index (χ2n) is 4.38. The molecule has 17 heavy (non-hydrogen) atoms. The first kappa shape index (κ1) is 13.8. The lowest BCUT2D eigenvalue weighted by molar-refractivity contribution is -0.119. The quantitative estimate of drug-likeness (QED) is 0.689. The number of hydrogen-bond acceptors (Lipinski definition) is 4. The van der Waals surface area contributed by atoms with Gasteiger partial charge in [-0.2, -0.15) is 5.10 Å². The van der Waals surface area contributed by atoms with Crippen molar-refractivity contribution in [2.45, 2.75) is 39.7 Å². The summed E-state index contributed by atoms with van der Waals surface area (Å²) < 4.78 is 6.82. The minimum atomic E-state index is 0.194. The number of ketones is 1. The molecule has 0 N–H and O–H groups in total. The van der Waals surface area contributed by atoms with Crippen LogP contribution in [0.4, 0.5) is 0 Å². The van der Waals surface area contributed by atoms with Gasteiger partial charge >= 0.3 is 0 Å². The fourth-order valence-electron chi connectivity index (χ4n) is 1.80. The topological polar surface area (TPSA) is 57.0 Å². The number of carbonyl (C=O) groups is 1. The summed E-state index contributed by atoms with van der Waals surface area (Å²) in [5.74, 6) is 1.22. The van der Waals surface area contributed by atoms with Crippen LogP contribution in [0.1, 0.15) is 32.5 Å². The van der Waals surface area contributed by atoms with Gasteiger partial charge in [-0.3, -0.25) is 4.79 Å². The predicted molar refractivity (Wildman–Crippen MR) is 64.7 cm³/mol. The maximum atomic E-state index is 11.8. The van der Waals surface area contributed by atoms with Crippen molar-refractivity contribution in [2.24, 2.45) is 5.92 Å². The molecule has 1 rings (SSSR count). The molecule has 0 saturated heterocycles. The van der Waals surface area contributed by atoms with Gasteiger partial charge in [0.2, 0.25) is 0 Å². The van der Waals surface area contributed by atoms with E-state index >= 15 is 0 Å². The van der Waals surface area contributed by atoms with Gasteiger partial charge in [-0.15, -0.1) is 0 Å². The van der Waals surface area contributed by atoms with E-state index in [1.807, 2.05) is 6.92 Å². The van der Waals surface area contributed by atoms with Crippen molar-refractivity contribution in [3.63, 3.8) is 0 Å². The SMILES string of the molecule is CCCn1ncnc1CC(=O)CC(C)COC. The van der Waals surface area contributed by atoms with Crippen LogP contribution in [0, 0.1) is 5.92 Å². The van der Waals surface area contributed by atoms with E-state index in [4.69, 9.17) is 4.74 Å². The molecule has 5 nitrogen and oxygen atoms in total. The fourth-order valence-corrected chi connectivity index (χ4v) is 1.80. The molecule has 0 fully saturated rings. The molecule has 0 aliphatic heterocycles. The first-order valence-electron chi connectivity index (χ1n) is 6.04. The molecule has 0 bridgehead atoms. The number of ether oxygens (including phenoxy) is 1. The van der Waals surface area contributed by atoms with Crippen molar-refractivity contribution in [3.8, 4) is 0 Å². The fraction of sp³-hybridized carbons (Fsp3) is 0.750. The Morgan fingerprint density at radius 3 is 3.00 bits per heavy atom. The van der Waals surface area contributed by atoms with E-state index in [-0.39, 0.29) is 11.7 Å². The number of aromatic nitrogens is 3. The minimum absolute atomic E-state index is 0.194. The van der Waals surface area contributed by atoms with Gasteiger partial charge in [0.05, 0.1) is 6.42 Å². The summed E-state index contributed by atoms with van der Waals surface area (Å²) in [6, 6.07) is 0. The molecule has 1 atom stereocenters. The molecule has 0 radical (unpaired) electrons. The van der Waals surface area contributed by atoms with E-state index in [1.54, 1.807) is 11.8 Å². The summed E-state index contributed by atoms with van der Waals surface area (Å²) in [6.07, 6.45) is 3.41. The van der Waals surface area contributed by atoms with Crippen molar-refractivity contribution in [1.82, 2.24) is 14.8 Å². The summed E-state index contributed by atoms with van der Waals surface area (Å²) in [4.78, 5) is 15.9. The summed E-state index contributed by atoms with van der Waals surface area (Å²) >= 11 is 0. The van der Waals surface area contributed by atoms with E-state index in [1.165, 1.54) is 6.33 Å². The number of aryl methyl sites for hydroxylation is 1. The first-order valence-corrected chi connectivity index (χ1v) is 6.04. The van der Waals surface area contributed by atoms with Crippen LogP contribution in [0.3, 0.4) is 0 Å². The molecule has 0 aliphatic rings. The van der Waals surface area contributed by atoms with E-state index in [0.717, 1.165) is 18.8 Å². The Morgan fingerprint density at radius 2 is 2.35 bits per heavy atom. The molecule has 1 aromatic rings. The van der Waals surface area contributed by atoms with Gasteiger partial charge in [-0.05, 0) is 12.3 Å². The molecular weight excluding hydrogens is 218 g/mol. The Hall–Kier alpha value is -1.23. The molecule has 5 heteroatoms. The van der Waals surface area contributed by atoms with E-state index < -0.39 is 0 Å². The van der Waals surface area contributed by atoms with Crippen LogP contribution < -0.4 is 0 Å². The number of rotatable bonds is 8. The Labute approximate surface area is 102 Å². The lowest BCUT2D eigenvalue weighted by Gasteiger charge is -2.09. The lowest BCUT2D eigenvalue weighted by atomic mass is 10.0. The Balaban J connectivity index is 2.47. The normalized spacial score (nSPS) is 12.6. The second kappa shape index (κ2) is 7.17. The van der Waals surface area contributed by atoms with Gasteiger partial charge in [-0.25, -0.2) is 9.67 Å². The third-order valence-corrected chi connectivity index (χ3v) is 2.51. The van der Waals surface area contributed by atoms with Crippen molar-refractivity contribution >= 4 is 5.78 Å². The largest absolute Gasteiger partial charge is 0.384 e. The number of nitrogens with zero attached hydrogens (tertiary/aromatic N) is 3.